The third-order valence-corrected chi connectivity index (χ3v) is 4.82. The number of nitriles is 1. The number of hydrogen-bond acceptors (Lipinski definition) is 6. The van der Waals surface area contributed by atoms with Gasteiger partial charge in [-0.1, -0.05) is 12.1 Å². The van der Waals surface area contributed by atoms with Gasteiger partial charge in [0.25, 0.3) is 0 Å². The maximum Gasteiger partial charge on any atom is 0.232 e. The summed E-state index contributed by atoms with van der Waals surface area (Å²) >= 11 is 0. The fourth-order valence-electron chi connectivity index (χ4n) is 3.36. The Bertz CT molecular complexity index is 1310. The van der Waals surface area contributed by atoms with Gasteiger partial charge in [-0.15, -0.1) is 0 Å². The molecule has 1 aromatic heterocycles. The molecule has 0 atom stereocenters. The summed E-state index contributed by atoms with van der Waals surface area (Å²) in [6.07, 6.45) is 0. The fraction of sp³-hybridized carbons (Fsp3) is 0.0800. The van der Waals surface area contributed by atoms with Gasteiger partial charge in [0.05, 0.1) is 11.6 Å². The zero-order chi connectivity index (χ0) is 22.7. The Balaban J connectivity index is 1.60. The number of ether oxygens (including phenoxy) is 1. The first-order chi connectivity index (χ1) is 15.4. The number of aromatic nitrogens is 2. The first kappa shape index (κ1) is 20.8. The largest absolute Gasteiger partial charge is 0.438 e. The molecule has 0 aliphatic carbocycles. The van der Waals surface area contributed by atoms with E-state index in [9.17, 15) is 4.39 Å². The van der Waals surface area contributed by atoms with Crippen molar-refractivity contribution in [2.45, 2.75) is 13.8 Å². The Morgan fingerprint density at radius 3 is 2.31 bits per heavy atom. The van der Waals surface area contributed by atoms with E-state index in [-0.39, 0.29) is 17.6 Å². The van der Waals surface area contributed by atoms with Crippen molar-refractivity contribution in [2.24, 2.45) is 0 Å². The molecule has 1 heterocycles. The normalized spacial score (nSPS) is 10.4. The van der Waals surface area contributed by atoms with Crippen molar-refractivity contribution in [3.63, 3.8) is 0 Å². The van der Waals surface area contributed by atoms with E-state index in [1.165, 1.54) is 12.1 Å². The highest BCUT2D eigenvalue weighted by Gasteiger charge is 2.12. The minimum atomic E-state index is -0.281. The molecule has 0 bridgehead atoms. The van der Waals surface area contributed by atoms with Gasteiger partial charge in [0, 0.05) is 11.8 Å². The average Bonchev–Trinajstić information content (AvgIpc) is 2.76. The second kappa shape index (κ2) is 8.74. The predicted octanol–water partition coefficient (Wildman–Crippen LogP) is 5.89. The summed E-state index contributed by atoms with van der Waals surface area (Å²) in [5.41, 5.74) is 10.7. The lowest BCUT2D eigenvalue weighted by Gasteiger charge is -2.14. The van der Waals surface area contributed by atoms with E-state index in [2.05, 4.69) is 21.4 Å². The number of rotatable bonds is 5. The van der Waals surface area contributed by atoms with Crippen molar-refractivity contribution in [3.05, 3.63) is 89.2 Å². The fourth-order valence-corrected chi connectivity index (χ4v) is 3.36. The second-order valence-corrected chi connectivity index (χ2v) is 7.32. The van der Waals surface area contributed by atoms with Crippen molar-refractivity contribution in [3.8, 4) is 28.8 Å². The van der Waals surface area contributed by atoms with E-state index < -0.39 is 0 Å². The first-order valence-corrected chi connectivity index (χ1v) is 9.88. The number of benzene rings is 3. The van der Waals surface area contributed by atoms with E-state index in [1.807, 2.05) is 32.0 Å². The molecule has 0 radical (unpaired) electrons. The number of nitrogens with two attached hydrogens (primary N) is 1. The van der Waals surface area contributed by atoms with Gasteiger partial charge >= 0.3 is 0 Å². The molecule has 0 saturated heterocycles. The van der Waals surface area contributed by atoms with E-state index in [1.54, 1.807) is 36.4 Å². The van der Waals surface area contributed by atoms with Crippen molar-refractivity contribution in [1.29, 1.82) is 5.26 Å². The standard InChI is InChI=1S/C25H20FN5O/c1-15-10-19(18-4-3-5-20(26)12-18)11-16(2)24(15)32-23-13-22(28)30-25(31-23)29-21-8-6-17(14-27)7-9-21/h3-13H,1-2H3,(H3,28,29,30,31). The van der Waals surface area contributed by atoms with Crippen LogP contribution in [0.1, 0.15) is 16.7 Å². The summed E-state index contributed by atoms with van der Waals surface area (Å²) in [6.45, 7) is 3.84. The van der Waals surface area contributed by atoms with Crippen LogP contribution in [0.25, 0.3) is 11.1 Å². The number of nitrogens with zero attached hydrogens (tertiary/aromatic N) is 3. The Kier molecular flexibility index (Phi) is 5.69. The Labute approximate surface area is 185 Å². The van der Waals surface area contributed by atoms with Crippen molar-refractivity contribution < 1.29 is 9.13 Å². The Hall–Kier alpha value is -4.44. The number of aryl methyl sites for hydroxylation is 2. The van der Waals surface area contributed by atoms with Gasteiger partial charge in [0.2, 0.25) is 11.8 Å². The number of nitrogen functional groups attached to an aromatic ring is 1. The van der Waals surface area contributed by atoms with Gasteiger partial charge in [-0.2, -0.15) is 15.2 Å². The summed E-state index contributed by atoms with van der Waals surface area (Å²) in [4.78, 5) is 8.60. The molecular formula is C25H20FN5O. The summed E-state index contributed by atoms with van der Waals surface area (Å²) < 4.78 is 19.7. The molecule has 0 amide bonds. The molecule has 0 unspecified atom stereocenters. The highest BCUT2D eigenvalue weighted by molar-refractivity contribution is 5.67. The van der Waals surface area contributed by atoms with Crippen LogP contribution >= 0.6 is 0 Å². The first-order valence-electron chi connectivity index (χ1n) is 9.88. The van der Waals surface area contributed by atoms with Crippen molar-refractivity contribution >= 4 is 17.5 Å². The molecule has 3 N–H and O–H groups in total. The van der Waals surface area contributed by atoms with Gasteiger partial charge in [0.1, 0.15) is 17.4 Å². The molecule has 4 rings (SSSR count). The maximum atomic E-state index is 13.6. The molecule has 32 heavy (non-hydrogen) atoms. The van der Waals surface area contributed by atoms with Gasteiger partial charge in [0.15, 0.2) is 0 Å². The van der Waals surface area contributed by atoms with Crippen LogP contribution in [0.4, 0.5) is 21.8 Å². The summed E-state index contributed by atoms with van der Waals surface area (Å²) in [7, 11) is 0. The smallest absolute Gasteiger partial charge is 0.232 e. The minimum Gasteiger partial charge on any atom is -0.438 e. The number of anilines is 3. The highest BCUT2D eigenvalue weighted by Crippen LogP contribution is 2.33. The third kappa shape index (κ3) is 4.65. The molecule has 0 aliphatic rings. The van der Waals surface area contributed by atoms with Crippen LogP contribution in [-0.2, 0) is 0 Å². The van der Waals surface area contributed by atoms with Crippen molar-refractivity contribution in [1.82, 2.24) is 9.97 Å². The van der Waals surface area contributed by atoms with Crippen LogP contribution in [0, 0.1) is 31.0 Å². The molecule has 0 aliphatic heterocycles. The minimum absolute atomic E-state index is 0.248. The van der Waals surface area contributed by atoms with Crippen LogP contribution in [0.5, 0.6) is 11.6 Å². The van der Waals surface area contributed by atoms with E-state index >= 15 is 0 Å². The van der Waals surface area contributed by atoms with Crippen LogP contribution < -0.4 is 15.8 Å². The zero-order valence-electron chi connectivity index (χ0n) is 17.6. The lowest BCUT2D eigenvalue weighted by atomic mass is 9.99. The Morgan fingerprint density at radius 2 is 1.66 bits per heavy atom. The topological polar surface area (TPSA) is 96.9 Å². The van der Waals surface area contributed by atoms with Crippen LogP contribution in [0.15, 0.2) is 66.7 Å². The van der Waals surface area contributed by atoms with Crippen molar-refractivity contribution in [2.75, 3.05) is 11.1 Å². The lowest BCUT2D eigenvalue weighted by molar-refractivity contribution is 0.456. The van der Waals surface area contributed by atoms with Gasteiger partial charge in [-0.3, -0.25) is 0 Å². The third-order valence-electron chi connectivity index (χ3n) is 4.82. The number of nitrogens with one attached hydrogen (secondary N) is 1. The molecule has 3 aromatic carbocycles. The molecule has 0 fully saturated rings. The summed E-state index contributed by atoms with van der Waals surface area (Å²) in [5, 5.41) is 12.0. The quantitative estimate of drug-likeness (QED) is 0.414. The monoisotopic (exact) mass is 425 g/mol. The molecule has 0 spiro atoms. The van der Waals surface area contributed by atoms with Crippen LogP contribution in [-0.4, -0.2) is 9.97 Å². The number of halogens is 1. The van der Waals surface area contributed by atoms with Crippen LogP contribution in [0.2, 0.25) is 0 Å². The predicted molar refractivity (Wildman–Crippen MR) is 122 cm³/mol. The van der Waals surface area contributed by atoms with Crippen LogP contribution in [0.3, 0.4) is 0 Å². The van der Waals surface area contributed by atoms with Gasteiger partial charge in [-0.05, 0) is 84.6 Å². The summed E-state index contributed by atoms with van der Waals surface area (Å²) in [6, 6.07) is 20.9. The van der Waals surface area contributed by atoms with Gasteiger partial charge < -0.3 is 15.8 Å². The summed E-state index contributed by atoms with van der Waals surface area (Å²) in [5.74, 6) is 1.18. The molecule has 6 nitrogen and oxygen atoms in total. The molecular weight excluding hydrogens is 405 g/mol. The van der Waals surface area contributed by atoms with E-state index in [4.69, 9.17) is 15.7 Å². The van der Waals surface area contributed by atoms with Gasteiger partial charge in [-0.25, -0.2) is 4.39 Å². The Morgan fingerprint density at radius 1 is 0.938 bits per heavy atom. The molecule has 0 saturated carbocycles. The lowest BCUT2D eigenvalue weighted by Crippen LogP contribution is -2.03. The van der Waals surface area contributed by atoms with E-state index in [0.717, 1.165) is 22.3 Å². The van der Waals surface area contributed by atoms with E-state index in [0.29, 0.717) is 22.9 Å². The maximum absolute atomic E-state index is 13.6. The molecule has 4 aromatic rings. The number of hydrogen-bond donors (Lipinski definition) is 2. The molecule has 158 valence electrons. The second-order valence-electron chi connectivity index (χ2n) is 7.32. The highest BCUT2D eigenvalue weighted by atomic mass is 19.1. The average molecular weight is 425 g/mol. The molecule has 7 heteroatoms. The SMILES string of the molecule is Cc1cc(-c2cccc(F)c2)cc(C)c1Oc1cc(N)nc(Nc2ccc(C#N)cc2)n1. The zero-order valence-corrected chi connectivity index (χ0v) is 17.6.